The smallest absolute Gasteiger partial charge is 0.233 e. The molecule has 2 aliphatic rings. The molecular weight excluding hydrogens is 407 g/mol. The van der Waals surface area contributed by atoms with Gasteiger partial charge in [-0.2, -0.15) is 0 Å². The van der Waals surface area contributed by atoms with Crippen molar-refractivity contribution in [3.8, 4) is 5.75 Å². The molecule has 4 rings (SSSR count). The number of benzene rings is 2. The number of amides is 2. The van der Waals surface area contributed by atoms with Gasteiger partial charge in [0.1, 0.15) is 18.5 Å². The molecule has 0 saturated carbocycles. The molecule has 5 nitrogen and oxygen atoms in total. The van der Waals surface area contributed by atoms with Gasteiger partial charge in [-0.25, -0.2) is 4.39 Å². The van der Waals surface area contributed by atoms with Gasteiger partial charge in [0, 0.05) is 24.7 Å². The third-order valence-electron chi connectivity index (χ3n) is 5.84. The van der Waals surface area contributed by atoms with Crippen LogP contribution < -0.4 is 9.64 Å². The summed E-state index contributed by atoms with van der Waals surface area (Å²) in [5, 5.41) is 0. The molecule has 2 aromatic rings. The second kappa shape index (κ2) is 9.39. The van der Waals surface area contributed by atoms with Crippen LogP contribution in [0.3, 0.4) is 0 Å². The normalized spacial score (nSPS) is 19.7. The molecule has 0 radical (unpaired) electrons. The Hall–Kier alpha value is -3.41. The lowest BCUT2D eigenvalue weighted by atomic mass is 9.97. The standard InChI is InChI=1S/C26H27FN2O3/c1-18-7-10-22(11-8-18)29(19(2)30)16-20-9-12-25-21(15-20)17-28(13-14-32-25)26(31)23-5-3-4-6-24(23)27/h3-12,15,23-24H,13-14,16-17H2,1-2H3. The van der Waals surface area contributed by atoms with Gasteiger partial charge in [0.2, 0.25) is 11.8 Å². The zero-order valence-electron chi connectivity index (χ0n) is 18.3. The van der Waals surface area contributed by atoms with Crippen molar-refractivity contribution >= 4 is 17.5 Å². The molecule has 2 atom stereocenters. The number of carbonyl (C=O) groups is 2. The number of anilines is 1. The summed E-state index contributed by atoms with van der Waals surface area (Å²) in [7, 11) is 0. The minimum absolute atomic E-state index is 0.0528. The van der Waals surface area contributed by atoms with Crippen LogP contribution in [-0.4, -0.2) is 36.0 Å². The molecule has 0 N–H and O–H groups in total. The summed E-state index contributed by atoms with van der Waals surface area (Å²) in [6.45, 7) is 5.05. The highest BCUT2D eigenvalue weighted by molar-refractivity contribution is 5.91. The predicted molar refractivity (Wildman–Crippen MR) is 122 cm³/mol. The van der Waals surface area contributed by atoms with Gasteiger partial charge in [-0.15, -0.1) is 0 Å². The van der Waals surface area contributed by atoms with Crippen LogP contribution in [0.1, 0.15) is 23.6 Å². The number of allylic oxidation sites excluding steroid dienone is 3. The number of fused-ring (bicyclic) bond motifs is 1. The molecule has 0 saturated heterocycles. The van der Waals surface area contributed by atoms with Crippen LogP contribution in [0.25, 0.3) is 0 Å². The van der Waals surface area contributed by atoms with Gasteiger partial charge in [0.25, 0.3) is 0 Å². The van der Waals surface area contributed by atoms with Gasteiger partial charge in [0.05, 0.1) is 19.0 Å². The van der Waals surface area contributed by atoms with Crippen molar-refractivity contribution in [3.63, 3.8) is 0 Å². The topological polar surface area (TPSA) is 49.9 Å². The second-order valence-corrected chi connectivity index (χ2v) is 8.23. The van der Waals surface area contributed by atoms with Gasteiger partial charge in [0.15, 0.2) is 0 Å². The maximum absolute atomic E-state index is 14.3. The fourth-order valence-corrected chi connectivity index (χ4v) is 4.04. The Morgan fingerprint density at radius 2 is 1.88 bits per heavy atom. The minimum Gasteiger partial charge on any atom is -0.491 e. The van der Waals surface area contributed by atoms with Crippen molar-refractivity contribution in [2.24, 2.45) is 5.92 Å². The van der Waals surface area contributed by atoms with E-state index in [2.05, 4.69) is 0 Å². The van der Waals surface area contributed by atoms with E-state index in [1.165, 1.54) is 6.08 Å². The quantitative estimate of drug-likeness (QED) is 0.719. The molecule has 0 spiro atoms. The molecule has 1 aliphatic carbocycles. The summed E-state index contributed by atoms with van der Waals surface area (Å²) in [5.74, 6) is -0.392. The van der Waals surface area contributed by atoms with Crippen molar-refractivity contribution in [1.29, 1.82) is 0 Å². The molecular formula is C26H27FN2O3. The Morgan fingerprint density at radius 1 is 1.12 bits per heavy atom. The largest absolute Gasteiger partial charge is 0.491 e. The molecule has 0 aromatic heterocycles. The Kier molecular flexibility index (Phi) is 6.40. The first-order valence-electron chi connectivity index (χ1n) is 10.8. The van der Waals surface area contributed by atoms with Crippen LogP contribution in [-0.2, 0) is 22.7 Å². The average molecular weight is 435 g/mol. The molecule has 1 heterocycles. The van der Waals surface area contributed by atoms with E-state index >= 15 is 0 Å². The molecule has 0 fully saturated rings. The minimum atomic E-state index is -1.32. The Labute approximate surface area is 187 Å². The summed E-state index contributed by atoms with van der Waals surface area (Å²) < 4.78 is 20.1. The maximum Gasteiger partial charge on any atom is 0.233 e. The van der Waals surface area contributed by atoms with Crippen molar-refractivity contribution in [1.82, 2.24) is 4.90 Å². The highest BCUT2D eigenvalue weighted by atomic mass is 19.1. The fourth-order valence-electron chi connectivity index (χ4n) is 4.04. The van der Waals surface area contributed by atoms with Crippen molar-refractivity contribution in [3.05, 3.63) is 83.5 Å². The fraction of sp³-hybridized carbons (Fsp3) is 0.308. The second-order valence-electron chi connectivity index (χ2n) is 8.23. The van der Waals surface area contributed by atoms with Gasteiger partial charge < -0.3 is 14.5 Å². The number of rotatable bonds is 4. The first-order chi connectivity index (χ1) is 15.4. The summed E-state index contributed by atoms with van der Waals surface area (Å²) >= 11 is 0. The van der Waals surface area contributed by atoms with Crippen LogP contribution in [0.15, 0.2) is 66.8 Å². The number of alkyl halides is 1. The van der Waals surface area contributed by atoms with E-state index in [4.69, 9.17) is 4.74 Å². The third kappa shape index (κ3) is 4.74. The van der Waals surface area contributed by atoms with Gasteiger partial charge in [-0.1, -0.05) is 42.0 Å². The van der Waals surface area contributed by atoms with E-state index in [1.54, 1.807) is 35.0 Å². The molecule has 2 aromatic carbocycles. The maximum atomic E-state index is 14.3. The number of hydrogen-bond donors (Lipinski definition) is 0. The zero-order valence-corrected chi connectivity index (χ0v) is 18.3. The van der Waals surface area contributed by atoms with E-state index in [0.29, 0.717) is 32.0 Å². The van der Waals surface area contributed by atoms with E-state index in [9.17, 15) is 14.0 Å². The molecule has 0 bridgehead atoms. The molecule has 32 heavy (non-hydrogen) atoms. The van der Waals surface area contributed by atoms with E-state index < -0.39 is 12.1 Å². The van der Waals surface area contributed by atoms with E-state index in [-0.39, 0.29) is 11.8 Å². The highest BCUT2D eigenvalue weighted by Crippen LogP contribution is 2.28. The lowest BCUT2D eigenvalue weighted by molar-refractivity contribution is -0.136. The van der Waals surface area contributed by atoms with E-state index in [0.717, 1.165) is 22.4 Å². The van der Waals surface area contributed by atoms with Crippen molar-refractivity contribution in [2.45, 2.75) is 33.1 Å². The Balaban J connectivity index is 1.55. The third-order valence-corrected chi connectivity index (χ3v) is 5.84. The van der Waals surface area contributed by atoms with Crippen LogP contribution in [0.4, 0.5) is 10.1 Å². The van der Waals surface area contributed by atoms with Crippen LogP contribution in [0.2, 0.25) is 0 Å². The van der Waals surface area contributed by atoms with Gasteiger partial charge in [-0.3, -0.25) is 9.59 Å². The molecule has 166 valence electrons. The molecule has 6 heteroatoms. The summed E-state index contributed by atoms with van der Waals surface area (Å²) in [4.78, 5) is 28.7. The van der Waals surface area contributed by atoms with Crippen molar-refractivity contribution < 1.29 is 18.7 Å². The Morgan fingerprint density at radius 3 is 2.59 bits per heavy atom. The van der Waals surface area contributed by atoms with Gasteiger partial charge in [-0.05, 0) is 42.8 Å². The first-order valence-corrected chi connectivity index (χ1v) is 10.8. The molecule has 1 aliphatic heterocycles. The van der Waals surface area contributed by atoms with Crippen LogP contribution in [0, 0.1) is 12.8 Å². The Bertz CT molecular complexity index is 1060. The number of hydrogen-bond acceptors (Lipinski definition) is 3. The first kappa shape index (κ1) is 21.8. The zero-order chi connectivity index (χ0) is 22.7. The predicted octanol–water partition coefficient (Wildman–Crippen LogP) is 4.35. The lowest BCUT2D eigenvalue weighted by Crippen LogP contribution is -2.40. The number of carbonyl (C=O) groups excluding carboxylic acids is 2. The number of halogens is 1. The lowest BCUT2D eigenvalue weighted by Gasteiger charge is -2.26. The number of aryl methyl sites for hydroxylation is 1. The number of nitrogens with zero attached hydrogens (tertiary/aromatic N) is 2. The molecule has 2 amide bonds. The number of ether oxygens (including phenoxy) is 1. The van der Waals surface area contributed by atoms with Crippen LogP contribution in [0.5, 0.6) is 5.75 Å². The summed E-state index contributed by atoms with van der Waals surface area (Å²) in [5.41, 5.74) is 3.74. The van der Waals surface area contributed by atoms with Crippen molar-refractivity contribution in [2.75, 3.05) is 18.1 Å². The van der Waals surface area contributed by atoms with Gasteiger partial charge >= 0.3 is 0 Å². The average Bonchev–Trinajstić information content (AvgIpc) is 3.00. The monoisotopic (exact) mass is 434 g/mol. The SMILES string of the molecule is CC(=O)N(Cc1ccc2c(c1)CN(C(=O)C1C=CC=CC1F)CCO2)c1ccc(C)cc1. The highest BCUT2D eigenvalue weighted by Gasteiger charge is 2.31. The summed E-state index contributed by atoms with van der Waals surface area (Å²) in [6.07, 6.45) is 5.03. The van der Waals surface area contributed by atoms with Crippen LogP contribution >= 0.6 is 0 Å². The van der Waals surface area contributed by atoms with E-state index in [1.807, 2.05) is 49.4 Å². The summed E-state index contributed by atoms with van der Waals surface area (Å²) in [6, 6.07) is 13.6. The molecule has 2 unspecified atom stereocenters.